The van der Waals surface area contributed by atoms with Gasteiger partial charge in [0.25, 0.3) is 11.8 Å². The van der Waals surface area contributed by atoms with Crippen LogP contribution in [0.1, 0.15) is 24.5 Å². The first kappa shape index (κ1) is 25.7. The Kier molecular flexibility index (Phi) is 8.22. The van der Waals surface area contributed by atoms with E-state index in [-0.39, 0.29) is 5.57 Å². The van der Waals surface area contributed by atoms with Crippen LogP contribution in [0.4, 0.5) is 10.5 Å². The molecule has 1 N–H and O–H groups in total. The fourth-order valence-electron chi connectivity index (χ4n) is 3.50. The number of hydrogen-bond acceptors (Lipinski definition) is 5. The Morgan fingerprint density at radius 1 is 0.917 bits per heavy atom. The molecule has 1 saturated heterocycles. The fourth-order valence-corrected chi connectivity index (χ4v) is 4.95. The summed E-state index contributed by atoms with van der Waals surface area (Å²) >= 11 is 6.94. The normalized spacial score (nSPS) is 14.7. The molecule has 4 rings (SSSR count). The number of ether oxygens (including phenoxy) is 2. The molecule has 36 heavy (non-hydrogen) atoms. The Morgan fingerprint density at radius 3 is 2.22 bits per heavy atom. The summed E-state index contributed by atoms with van der Waals surface area (Å²) in [6, 6.07) is 18.9. The van der Waals surface area contributed by atoms with Gasteiger partial charge in [0.05, 0.1) is 21.2 Å². The minimum atomic E-state index is -0.814. The van der Waals surface area contributed by atoms with Crippen LogP contribution in [-0.4, -0.2) is 24.5 Å². The monoisotopic (exact) mass is 612 g/mol. The van der Waals surface area contributed by atoms with Gasteiger partial charge < -0.3 is 9.47 Å². The molecule has 0 aliphatic carbocycles. The van der Waals surface area contributed by atoms with E-state index in [1.807, 2.05) is 37.3 Å². The molecule has 0 unspecified atom stereocenters. The van der Waals surface area contributed by atoms with Gasteiger partial charge in [0, 0.05) is 0 Å². The average Bonchev–Trinajstić information content (AvgIpc) is 2.86. The molecule has 1 heterocycles. The SMILES string of the molecule is CCCOc1c(Br)cc(/C=C2\C(=O)NC(=O)N(c3ccc(OCc4ccccc4)cc3)C2=O)cc1Br. The molecule has 3 aromatic rings. The second-order valence-corrected chi connectivity index (χ2v) is 9.60. The lowest BCUT2D eigenvalue weighted by molar-refractivity contribution is -0.122. The number of urea groups is 1. The summed E-state index contributed by atoms with van der Waals surface area (Å²) < 4.78 is 12.8. The van der Waals surface area contributed by atoms with Crippen molar-refractivity contribution in [3.8, 4) is 11.5 Å². The summed E-state index contributed by atoms with van der Waals surface area (Å²) in [5.74, 6) is -0.271. The number of nitrogens with zero attached hydrogens (tertiary/aromatic N) is 1. The molecule has 1 aliphatic heterocycles. The number of imide groups is 2. The van der Waals surface area contributed by atoms with Crippen LogP contribution < -0.4 is 19.7 Å². The lowest BCUT2D eigenvalue weighted by Gasteiger charge is -2.26. The number of nitrogens with one attached hydrogen (secondary N) is 1. The van der Waals surface area contributed by atoms with Gasteiger partial charge >= 0.3 is 6.03 Å². The number of rotatable bonds is 8. The van der Waals surface area contributed by atoms with Gasteiger partial charge in [-0.1, -0.05) is 37.3 Å². The maximum Gasteiger partial charge on any atom is 0.335 e. The van der Waals surface area contributed by atoms with E-state index in [1.165, 1.54) is 6.08 Å². The van der Waals surface area contributed by atoms with Crippen LogP contribution in [0.2, 0.25) is 0 Å². The van der Waals surface area contributed by atoms with E-state index in [9.17, 15) is 14.4 Å². The van der Waals surface area contributed by atoms with Crippen molar-refractivity contribution < 1.29 is 23.9 Å². The summed E-state index contributed by atoms with van der Waals surface area (Å²) in [5.41, 5.74) is 1.74. The highest BCUT2D eigenvalue weighted by Crippen LogP contribution is 2.36. The zero-order valence-electron chi connectivity index (χ0n) is 19.3. The van der Waals surface area contributed by atoms with Gasteiger partial charge in [-0.05, 0) is 91.9 Å². The summed E-state index contributed by atoms with van der Waals surface area (Å²) in [6.07, 6.45) is 2.29. The highest BCUT2D eigenvalue weighted by Gasteiger charge is 2.36. The second-order valence-electron chi connectivity index (χ2n) is 7.89. The molecule has 1 fully saturated rings. The molecule has 0 aromatic heterocycles. The van der Waals surface area contributed by atoms with E-state index < -0.39 is 17.8 Å². The van der Waals surface area contributed by atoms with Gasteiger partial charge in [0.15, 0.2) is 0 Å². The molecule has 184 valence electrons. The highest BCUT2D eigenvalue weighted by atomic mass is 79.9. The van der Waals surface area contributed by atoms with Crippen LogP contribution in [-0.2, 0) is 16.2 Å². The van der Waals surface area contributed by atoms with Gasteiger partial charge in [-0.15, -0.1) is 0 Å². The fraction of sp³-hybridized carbons (Fsp3) is 0.148. The number of carbonyl (C=O) groups is 3. The second kappa shape index (κ2) is 11.5. The maximum atomic E-state index is 13.2. The predicted octanol–water partition coefficient (Wildman–Crippen LogP) is 6.25. The molecular formula is C27H22Br2N2O5. The van der Waals surface area contributed by atoms with Gasteiger partial charge in [0.2, 0.25) is 0 Å². The summed E-state index contributed by atoms with van der Waals surface area (Å²) in [5, 5.41) is 2.24. The molecule has 9 heteroatoms. The first-order valence-electron chi connectivity index (χ1n) is 11.2. The van der Waals surface area contributed by atoms with Crippen molar-refractivity contribution in [1.82, 2.24) is 5.32 Å². The minimum absolute atomic E-state index is 0.167. The molecule has 0 atom stereocenters. The van der Waals surface area contributed by atoms with Gasteiger partial charge in [-0.2, -0.15) is 0 Å². The number of hydrogen-bond donors (Lipinski definition) is 1. The van der Waals surface area contributed by atoms with Crippen LogP contribution in [0.3, 0.4) is 0 Å². The molecule has 0 radical (unpaired) electrons. The number of carbonyl (C=O) groups excluding carboxylic acids is 3. The highest BCUT2D eigenvalue weighted by molar-refractivity contribution is 9.11. The number of amides is 4. The minimum Gasteiger partial charge on any atom is -0.491 e. The third-order valence-electron chi connectivity index (χ3n) is 5.23. The molecule has 0 saturated carbocycles. The predicted molar refractivity (Wildman–Crippen MR) is 144 cm³/mol. The van der Waals surface area contributed by atoms with Crippen LogP contribution in [0, 0.1) is 0 Å². The van der Waals surface area contributed by atoms with E-state index in [0.717, 1.165) is 16.9 Å². The number of anilines is 1. The largest absolute Gasteiger partial charge is 0.491 e. The Labute approximate surface area is 225 Å². The van der Waals surface area contributed by atoms with Crippen LogP contribution in [0.5, 0.6) is 11.5 Å². The van der Waals surface area contributed by atoms with Gasteiger partial charge in [0.1, 0.15) is 23.7 Å². The third-order valence-corrected chi connectivity index (χ3v) is 6.41. The molecule has 1 aliphatic rings. The van der Waals surface area contributed by atoms with Crippen molar-refractivity contribution in [2.75, 3.05) is 11.5 Å². The van der Waals surface area contributed by atoms with Gasteiger partial charge in [-0.25, -0.2) is 9.69 Å². The number of halogens is 2. The van der Waals surface area contributed by atoms with E-state index in [4.69, 9.17) is 9.47 Å². The standard InChI is InChI=1S/C27H22Br2N2O5/c1-2-12-35-24-22(28)14-18(15-23(24)29)13-21-25(32)30-27(34)31(26(21)33)19-8-10-20(11-9-19)36-16-17-6-4-3-5-7-17/h3-11,13-15H,2,12,16H2,1H3,(H,30,32,34)/b21-13+. The van der Waals surface area contributed by atoms with Crippen molar-refractivity contribution >= 4 is 61.5 Å². The summed E-state index contributed by atoms with van der Waals surface area (Å²) in [4.78, 5) is 39.2. The zero-order valence-corrected chi connectivity index (χ0v) is 22.5. The quantitative estimate of drug-likeness (QED) is 0.240. The van der Waals surface area contributed by atoms with Crippen molar-refractivity contribution in [2.24, 2.45) is 0 Å². The Hall–Kier alpha value is -3.43. The Bertz CT molecular complexity index is 1300. The van der Waals surface area contributed by atoms with Gasteiger partial charge in [-0.3, -0.25) is 14.9 Å². The number of barbiturate groups is 1. The molecule has 7 nitrogen and oxygen atoms in total. The van der Waals surface area contributed by atoms with Crippen LogP contribution in [0.25, 0.3) is 6.08 Å². The topological polar surface area (TPSA) is 84.9 Å². The first-order chi connectivity index (χ1) is 17.4. The maximum absolute atomic E-state index is 13.2. The van der Waals surface area contributed by atoms with Crippen molar-refractivity contribution in [3.05, 3.63) is 92.4 Å². The van der Waals surface area contributed by atoms with E-state index in [1.54, 1.807) is 36.4 Å². The molecule has 0 bridgehead atoms. The lowest BCUT2D eigenvalue weighted by atomic mass is 10.1. The number of benzene rings is 3. The Balaban J connectivity index is 1.55. The smallest absolute Gasteiger partial charge is 0.335 e. The third kappa shape index (κ3) is 5.85. The van der Waals surface area contributed by atoms with Crippen molar-refractivity contribution in [3.63, 3.8) is 0 Å². The van der Waals surface area contributed by atoms with Crippen LogP contribution >= 0.6 is 31.9 Å². The van der Waals surface area contributed by atoms with E-state index in [0.29, 0.717) is 44.9 Å². The lowest BCUT2D eigenvalue weighted by Crippen LogP contribution is -2.54. The average molecular weight is 614 g/mol. The van der Waals surface area contributed by atoms with Crippen LogP contribution in [0.15, 0.2) is 81.2 Å². The summed E-state index contributed by atoms with van der Waals surface area (Å²) in [7, 11) is 0. The Morgan fingerprint density at radius 2 is 1.58 bits per heavy atom. The first-order valence-corrected chi connectivity index (χ1v) is 12.8. The van der Waals surface area contributed by atoms with Crippen molar-refractivity contribution in [2.45, 2.75) is 20.0 Å². The zero-order chi connectivity index (χ0) is 25.7. The molecule has 0 spiro atoms. The summed E-state index contributed by atoms with van der Waals surface area (Å²) in [6.45, 7) is 2.94. The molecule has 4 amide bonds. The van der Waals surface area contributed by atoms with E-state index >= 15 is 0 Å². The molecular weight excluding hydrogens is 592 g/mol. The van der Waals surface area contributed by atoms with Crippen molar-refractivity contribution in [1.29, 1.82) is 0 Å². The van der Waals surface area contributed by atoms with E-state index in [2.05, 4.69) is 37.2 Å². The molecule has 3 aromatic carbocycles.